The molecule has 0 saturated carbocycles. The van der Waals surface area contributed by atoms with E-state index in [1.165, 1.54) is 0 Å². The average Bonchev–Trinajstić information content (AvgIpc) is 2.46. The van der Waals surface area contributed by atoms with Crippen molar-refractivity contribution in [3.63, 3.8) is 0 Å². The summed E-state index contributed by atoms with van der Waals surface area (Å²) < 4.78 is 5.47. The van der Waals surface area contributed by atoms with Gasteiger partial charge in [-0.2, -0.15) is 0 Å². The Morgan fingerprint density at radius 1 is 1.39 bits per heavy atom. The Bertz CT molecular complexity index is 316. The van der Waals surface area contributed by atoms with Crippen LogP contribution in [-0.4, -0.2) is 62.1 Å². The predicted molar refractivity (Wildman–Crippen MR) is 66.0 cm³/mol. The van der Waals surface area contributed by atoms with Crippen molar-refractivity contribution in [3.8, 4) is 0 Å². The number of nitrogens with one attached hydrogen (secondary N) is 2. The largest absolute Gasteiger partial charge is 0.366 e. The van der Waals surface area contributed by atoms with Gasteiger partial charge >= 0.3 is 0 Å². The van der Waals surface area contributed by atoms with E-state index >= 15 is 0 Å². The molecule has 2 fully saturated rings. The van der Waals surface area contributed by atoms with E-state index in [9.17, 15) is 9.59 Å². The van der Waals surface area contributed by atoms with E-state index in [1.807, 2.05) is 0 Å². The number of hydrogen-bond acceptors (Lipinski definition) is 4. The molecule has 2 aliphatic heterocycles. The maximum atomic E-state index is 12.4. The maximum absolute atomic E-state index is 12.4. The second-order valence-electron chi connectivity index (χ2n) is 4.72. The van der Waals surface area contributed by atoms with E-state index in [0.29, 0.717) is 19.7 Å². The highest BCUT2D eigenvalue weighted by Crippen LogP contribution is 2.19. The van der Waals surface area contributed by atoms with Crippen molar-refractivity contribution in [1.29, 1.82) is 0 Å². The zero-order valence-electron chi connectivity index (χ0n) is 10.8. The van der Waals surface area contributed by atoms with Crippen LogP contribution in [0.1, 0.15) is 19.3 Å². The highest BCUT2D eigenvalue weighted by atomic mass is 16.5. The zero-order valence-corrected chi connectivity index (χ0v) is 10.8. The summed E-state index contributed by atoms with van der Waals surface area (Å²) in [6.45, 7) is 2.52. The third kappa shape index (κ3) is 2.81. The summed E-state index contributed by atoms with van der Waals surface area (Å²) in [7, 11) is 1.61. The monoisotopic (exact) mass is 255 g/mol. The lowest BCUT2D eigenvalue weighted by Gasteiger charge is -2.37. The van der Waals surface area contributed by atoms with Crippen LogP contribution in [0.4, 0.5) is 0 Å². The molecule has 0 spiro atoms. The van der Waals surface area contributed by atoms with Gasteiger partial charge in [0.15, 0.2) is 0 Å². The van der Waals surface area contributed by atoms with Gasteiger partial charge < -0.3 is 20.3 Å². The highest BCUT2D eigenvalue weighted by Gasteiger charge is 2.35. The molecule has 6 nitrogen and oxygen atoms in total. The van der Waals surface area contributed by atoms with Crippen LogP contribution >= 0.6 is 0 Å². The number of nitrogens with zero attached hydrogens (tertiary/aromatic N) is 1. The van der Waals surface area contributed by atoms with Crippen LogP contribution in [0.25, 0.3) is 0 Å². The second-order valence-corrected chi connectivity index (χ2v) is 4.72. The number of likely N-dealkylation sites (N-methyl/N-ethyl adjacent to an activating group) is 1. The molecule has 2 atom stereocenters. The van der Waals surface area contributed by atoms with Crippen molar-refractivity contribution < 1.29 is 14.3 Å². The van der Waals surface area contributed by atoms with Crippen molar-refractivity contribution in [1.82, 2.24) is 15.5 Å². The Balaban J connectivity index is 2.03. The Morgan fingerprint density at radius 2 is 2.22 bits per heavy atom. The summed E-state index contributed by atoms with van der Waals surface area (Å²) in [6.07, 6.45) is 2.25. The minimum absolute atomic E-state index is 0.0597. The Kier molecular flexibility index (Phi) is 4.54. The van der Waals surface area contributed by atoms with E-state index in [4.69, 9.17) is 4.74 Å². The number of hydrogen-bond donors (Lipinski definition) is 2. The lowest BCUT2D eigenvalue weighted by Crippen LogP contribution is -2.57. The van der Waals surface area contributed by atoms with Crippen molar-refractivity contribution in [2.45, 2.75) is 31.4 Å². The van der Waals surface area contributed by atoms with Crippen molar-refractivity contribution >= 4 is 11.8 Å². The summed E-state index contributed by atoms with van der Waals surface area (Å²) in [5, 5.41) is 5.77. The van der Waals surface area contributed by atoms with Crippen molar-refractivity contribution in [3.05, 3.63) is 0 Å². The Labute approximate surface area is 107 Å². The molecule has 0 aromatic rings. The van der Waals surface area contributed by atoms with Crippen molar-refractivity contribution in [2.24, 2.45) is 0 Å². The van der Waals surface area contributed by atoms with Crippen LogP contribution in [0.5, 0.6) is 0 Å². The molecule has 2 aliphatic rings. The fourth-order valence-corrected chi connectivity index (χ4v) is 2.54. The minimum atomic E-state index is -0.441. The molecule has 0 aromatic carbocycles. The summed E-state index contributed by atoms with van der Waals surface area (Å²) >= 11 is 0. The molecule has 2 rings (SSSR count). The van der Waals surface area contributed by atoms with Crippen LogP contribution in [0.15, 0.2) is 0 Å². The topological polar surface area (TPSA) is 70.7 Å². The summed E-state index contributed by atoms with van der Waals surface area (Å²) in [5.74, 6) is -0.137. The fraction of sp³-hybridized carbons (Fsp3) is 0.833. The van der Waals surface area contributed by atoms with E-state index in [0.717, 1.165) is 25.8 Å². The molecule has 2 amide bonds. The minimum Gasteiger partial charge on any atom is -0.366 e. The second kappa shape index (κ2) is 6.15. The lowest BCUT2D eigenvalue weighted by atomic mass is 10.0. The van der Waals surface area contributed by atoms with Gasteiger partial charge in [-0.25, -0.2) is 0 Å². The fourth-order valence-electron chi connectivity index (χ4n) is 2.54. The first kappa shape index (κ1) is 13.3. The Hall–Kier alpha value is -1.14. The van der Waals surface area contributed by atoms with Crippen molar-refractivity contribution in [2.75, 3.05) is 33.3 Å². The van der Waals surface area contributed by atoms with Crippen LogP contribution in [0, 0.1) is 0 Å². The van der Waals surface area contributed by atoms with E-state index in [2.05, 4.69) is 10.6 Å². The summed E-state index contributed by atoms with van der Waals surface area (Å²) in [5.41, 5.74) is 0. The van der Waals surface area contributed by atoms with Gasteiger partial charge in [-0.1, -0.05) is 0 Å². The standard InChI is InChI=1S/C12H21N3O3/c1-13-11(16)9-4-2-3-6-15(9)12(17)10-8-14-5-7-18-10/h9-10,14H,2-8H2,1H3,(H,13,16). The average molecular weight is 255 g/mol. The number of amides is 2. The first-order chi connectivity index (χ1) is 8.74. The van der Waals surface area contributed by atoms with Crippen LogP contribution < -0.4 is 10.6 Å². The summed E-state index contributed by atoms with van der Waals surface area (Å²) in [4.78, 5) is 25.8. The molecule has 0 aliphatic carbocycles. The number of ether oxygens (including phenoxy) is 1. The molecule has 2 unspecified atom stereocenters. The normalized spacial score (nSPS) is 28.8. The Morgan fingerprint density at radius 3 is 2.89 bits per heavy atom. The molecule has 18 heavy (non-hydrogen) atoms. The van der Waals surface area contributed by atoms with Gasteiger partial charge in [0.1, 0.15) is 12.1 Å². The predicted octanol–water partition coefficient (Wildman–Crippen LogP) is -0.898. The molecular formula is C12H21N3O3. The van der Waals surface area contributed by atoms with Crippen LogP contribution in [0.2, 0.25) is 0 Å². The molecule has 2 N–H and O–H groups in total. The lowest BCUT2D eigenvalue weighted by molar-refractivity contribution is -0.152. The molecule has 102 valence electrons. The van der Waals surface area contributed by atoms with Gasteiger partial charge in [-0.15, -0.1) is 0 Å². The molecule has 6 heteroatoms. The molecule has 2 saturated heterocycles. The number of carbonyl (C=O) groups is 2. The van der Waals surface area contributed by atoms with E-state index < -0.39 is 6.10 Å². The van der Waals surface area contributed by atoms with Gasteiger partial charge in [-0.05, 0) is 19.3 Å². The zero-order chi connectivity index (χ0) is 13.0. The molecular weight excluding hydrogens is 234 g/mol. The number of likely N-dealkylation sites (tertiary alicyclic amines) is 1. The highest BCUT2D eigenvalue weighted by molar-refractivity contribution is 5.89. The number of rotatable bonds is 2. The van der Waals surface area contributed by atoms with Gasteiger partial charge in [0.2, 0.25) is 5.91 Å². The van der Waals surface area contributed by atoms with Gasteiger partial charge in [0.05, 0.1) is 6.61 Å². The number of carbonyl (C=O) groups excluding carboxylic acids is 2. The molecule has 0 radical (unpaired) electrons. The van der Waals surface area contributed by atoms with E-state index in [1.54, 1.807) is 11.9 Å². The third-order valence-corrected chi connectivity index (χ3v) is 3.54. The smallest absolute Gasteiger partial charge is 0.253 e. The van der Waals surface area contributed by atoms with E-state index in [-0.39, 0.29) is 17.9 Å². The van der Waals surface area contributed by atoms with Crippen LogP contribution in [-0.2, 0) is 14.3 Å². The molecule has 0 aromatic heterocycles. The first-order valence-corrected chi connectivity index (χ1v) is 6.58. The molecule has 0 bridgehead atoms. The van der Waals surface area contributed by atoms with Gasteiger partial charge in [0.25, 0.3) is 5.91 Å². The van der Waals surface area contributed by atoms with Gasteiger partial charge in [-0.3, -0.25) is 9.59 Å². The molecule has 2 heterocycles. The summed E-state index contributed by atoms with van der Waals surface area (Å²) in [6, 6.07) is -0.332. The van der Waals surface area contributed by atoms with Crippen LogP contribution in [0.3, 0.4) is 0 Å². The number of morpholine rings is 1. The third-order valence-electron chi connectivity index (χ3n) is 3.54. The SMILES string of the molecule is CNC(=O)C1CCCCN1C(=O)C1CNCCO1. The quantitative estimate of drug-likeness (QED) is 0.671. The maximum Gasteiger partial charge on any atom is 0.253 e. The van der Waals surface area contributed by atoms with Gasteiger partial charge in [0, 0.05) is 26.7 Å². The number of piperidine rings is 1. The first-order valence-electron chi connectivity index (χ1n) is 6.58.